The zero-order valence-corrected chi connectivity index (χ0v) is 15.4. The Bertz CT molecular complexity index is 728. The van der Waals surface area contributed by atoms with E-state index in [-0.39, 0.29) is 5.91 Å². The number of aromatic nitrogens is 2. The minimum atomic E-state index is -0.128. The van der Waals surface area contributed by atoms with E-state index in [1.807, 2.05) is 0 Å². The van der Waals surface area contributed by atoms with Crippen LogP contribution in [0, 0.1) is 0 Å². The fourth-order valence-corrected chi connectivity index (χ4v) is 3.28. The molecule has 0 atom stereocenters. The van der Waals surface area contributed by atoms with Gasteiger partial charge in [0.1, 0.15) is 0 Å². The first-order valence-electron chi connectivity index (χ1n) is 8.35. The van der Waals surface area contributed by atoms with Crippen molar-refractivity contribution in [2.75, 3.05) is 39.3 Å². The van der Waals surface area contributed by atoms with E-state index in [4.69, 9.17) is 23.2 Å². The summed E-state index contributed by atoms with van der Waals surface area (Å²) >= 11 is 12.1. The van der Waals surface area contributed by atoms with Gasteiger partial charge in [0.2, 0.25) is 0 Å². The highest BCUT2D eigenvalue weighted by atomic mass is 35.5. The lowest BCUT2D eigenvalue weighted by Crippen LogP contribution is -2.44. The first kappa shape index (κ1) is 18.2. The van der Waals surface area contributed by atoms with Crippen LogP contribution < -0.4 is 10.6 Å². The Kier molecular flexibility index (Phi) is 6.31. The number of hydrogen-bond acceptors (Lipinski definition) is 4. The third-order valence-corrected chi connectivity index (χ3v) is 4.69. The summed E-state index contributed by atoms with van der Waals surface area (Å²) in [5.74, 6) is -0.128. The number of nitrogens with one attached hydrogen (secondary N) is 2. The SMILES string of the molecule is O=C(NCCCN1CCNCC1)c1cnn(-c2ccc(Cl)cc2Cl)c1. The van der Waals surface area contributed by atoms with E-state index in [2.05, 4.69) is 20.6 Å². The largest absolute Gasteiger partial charge is 0.352 e. The molecule has 0 unspecified atom stereocenters. The van der Waals surface area contributed by atoms with Crippen LogP contribution in [0.15, 0.2) is 30.6 Å². The standard InChI is InChI=1S/C17H21Cl2N5O/c18-14-2-3-16(15(19)10-14)24-12-13(11-22-24)17(25)21-4-1-7-23-8-5-20-6-9-23/h2-3,10-12,20H,1,4-9H2,(H,21,25). The molecular weight excluding hydrogens is 361 g/mol. The van der Waals surface area contributed by atoms with Crippen molar-refractivity contribution in [3.63, 3.8) is 0 Å². The van der Waals surface area contributed by atoms with E-state index in [0.29, 0.717) is 27.8 Å². The highest BCUT2D eigenvalue weighted by molar-refractivity contribution is 6.35. The average molecular weight is 382 g/mol. The van der Waals surface area contributed by atoms with Crippen LogP contribution in [-0.4, -0.2) is 59.9 Å². The number of amides is 1. The third-order valence-electron chi connectivity index (χ3n) is 4.15. The number of carbonyl (C=O) groups is 1. The minimum Gasteiger partial charge on any atom is -0.352 e. The number of rotatable bonds is 6. The summed E-state index contributed by atoms with van der Waals surface area (Å²) in [6.07, 6.45) is 4.14. The van der Waals surface area contributed by atoms with Gasteiger partial charge in [0.25, 0.3) is 5.91 Å². The lowest BCUT2D eigenvalue weighted by atomic mass is 10.3. The molecular formula is C17H21Cl2N5O. The maximum atomic E-state index is 12.2. The van der Waals surface area contributed by atoms with Crippen molar-refractivity contribution in [3.8, 4) is 5.69 Å². The Balaban J connectivity index is 1.50. The highest BCUT2D eigenvalue weighted by Gasteiger charge is 2.12. The van der Waals surface area contributed by atoms with Crippen LogP contribution in [0.5, 0.6) is 0 Å². The Hall–Kier alpha value is -1.60. The van der Waals surface area contributed by atoms with Gasteiger partial charge in [0.05, 0.1) is 22.5 Å². The quantitative estimate of drug-likeness (QED) is 0.752. The molecule has 134 valence electrons. The zero-order chi connectivity index (χ0) is 17.6. The van der Waals surface area contributed by atoms with Crippen LogP contribution >= 0.6 is 23.2 Å². The Morgan fingerprint density at radius 3 is 2.84 bits per heavy atom. The molecule has 1 amide bonds. The molecule has 2 aromatic rings. The highest BCUT2D eigenvalue weighted by Crippen LogP contribution is 2.24. The molecule has 1 aliphatic rings. The van der Waals surface area contributed by atoms with Crippen LogP contribution in [0.2, 0.25) is 10.0 Å². The molecule has 1 fully saturated rings. The van der Waals surface area contributed by atoms with E-state index in [0.717, 1.165) is 39.1 Å². The molecule has 0 spiro atoms. The van der Waals surface area contributed by atoms with E-state index in [1.54, 1.807) is 29.1 Å². The molecule has 6 nitrogen and oxygen atoms in total. The van der Waals surface area contributed by atoms with Crippen molar-refractivity contribution in [1.82, 2.24) is 25.3 Å². The number of nitrogens with zero attached hydrogens (tertiary/aromatic N) is 3. The molecule has 2 N–H and O–H groups in total. The molecule has 1 saturated heterocycles. The summed E-state index contributed by atoms with van der Waals surface area (Å²) in [5, 5.41) is 11.5. The van der Waals surface area contributed by atoms with Gasteiger partial charge in [-0.2, -0.15) is 5.10 Å². The second kappa shape index (κ2) is 8.67. The van der Waals surface area contributed by atoms with Gasteiger partial charge in [-0.15, -0.1) is 0 Å². The third kappa shape index (κ3) is 4.95. The van der Waals surface area contributed by atoms with E-state index in [1.165, 1.54) is 6.20 Å². The number of carbonyl (C=O) groups excluding carboxylic acids is 1. The van der Waals surface area contributed by atoms with Crippen molar-refractivity contribution >= 4 is 29.1 Å². The minimum absolute atomic E-state index is 0.128. The Morgan fingerprint density at radius 1 is 1.28 bits per heavy atom. The Morgan fingerprint density at radius 2 is 2.08 bits per heavy atom. The first-order valence-corrected chi connectivity index (χ1v) is 9.10. The topological polar surface area (TPSA) is 62.2 Å². The second-order valence-electron chi connectivity index (χ2n) is 5.97. The smallest absolute Gasteiger partial charge is 0.254 e. The summed E-state index contributed by atoms with van der Waals surface area (Å²) in [6.45, 7) is 5.87. The van der Waals surface area contributed by atoms with Gasteiger partial charge < -0.3 is 15.5 Å². The summed E-state index contributed by atoms with van der Waals surface area (Å²) in [5.41, 5.74) is 1.19. The average Bonchev–Trinajstić information content (AvgIpc) is 3.09. The van der Waals surface area contributed by atoms with Gasteiger partial charge in [0, 0.05) is 43.9 Å². The van der Waals surface area contributed by atoms with Gasteiger partial charge in [0.15, 0.2) is 0 Å². The van der Waals surface area contributed by atoms with Crippen molar-refractivity contribution in [2.45, 2.75) is 6.42 Å². The predicted molar refractivity (Wildman–Crippen MR) is 99.8 cm³/mol. The Labute approximate surface area is 157 Å². The van der Waals surface area contributed by atoms with Crippen molar-refractivity contribution in [2.24, 2.45) is 0 Å². The van der Waals surface area contributed by atoms with E-state index in [9.17, 15) is 4.79 Å². The fraction of sp³-hybridized carbons (Fsp3) is 0.412. The number of benzene rings is 1. The van der Waals surface area contributed by atoms with Gasteiger partial charge in [-0.3, -0.25) is 4.79 Å². The molecule has 2 heterocycles. The molecule has 8 heteroatoms. The molecule has 1 aliphatic heterocycles. The van der Waals surface area contributed by atoms with Crippen LogP contribution in [0.25, 0.3) is 5.69 Å². The summed E-state index contributed by atoms with van der Waals surface area (Å²) < 4.78 is 1.58. The van der Waals surface area contributed by atoms with Crippen LogP contribution in [-0.2, 0) is 0 Å². The van der Waals surface area contributed by atoms with Crippen molar-refractivity contribution in [3.05, 3.63) is 46.2 Å². The molecule has 25 heavy (non-hydrogen) atoms. The van der Waals surface area contributed by atoms with Gasteiger partial charge >= 0.3 is 0 Å². The van der Waals surface area contributed by atoms with Crippen LogP contribution in [0.1, 0.15) is 16.8 Å². The number of piperazine rings is 1. The zero-order valence-electron chi connectivity index (χ0n) is 13.8. The van der Waals surface area contributed by atoms with Gasteiger partial charge in [-0.1, -0.05) is 23.2 Å². The molecule has 3 rings (SSSR count). The molecule has 0 aliphatic carbocycles. The lowest BCUT2D eigenvalue weighted by Gasteiger charge is -2.27. The lowest BCUT2D eigenvalue weighted by molar-refractivity contribution is 0.0951. The molecule has 1 aromatic heterocycles. The maximum absolute atomic E-state index is 12.2. The number of hydrogen-bond donors (Lipinski definition) is 2. The molecule has 0 bridgehead atoms. The normalized spacial score (nSPS) is 15.3. The molecule has 0 saturated carbocycles. The second-order valence-corrected chi connectivity index (χ2v) is 6.81. The first-order chi connectivity index (χ1) is 12.1. The fourth-order valence-electron chi connectivity index (χ4n) is 2.78. The molecule has 0 radical (unpaired) electrons. The summed E-state index contributed by atoms with van der Waals surface area (Å²) in [4.78, 5) is 14.6. The van der Waals surface area contributed by atoms with Gasteiger partial charge in [-0.25, -0.2) is 4.68 Å². The monoisotopic (exact) mass is 381 g/mol. The summed E-state index contributed by atoms with van der Waals surface area (Å²) in [7, 11) is 0. The predicted octanol–water partition coefficient (Wildman–Crippen LogP) is 2.20. The van der Waals surface area contributed by atoms with E-state index < -0.39 is 0 Å². The van der Waals surface area contributed by atoms with Gasteiger partial charge in [-0.05, 0) is 31.2 Å². The van der Waals surface area contributed by atoms with Crippen LogP contribution in [0.3, 0.4) is 0 Å². The van der Waals surface area contributed by atoms with Crippen molar-refractivity contribution < 1.29 is 4.79 Å². The van der Waals surface area contributed by atoms with Crippen LogP contribution in [0.4, 0.5) is 0 Å². The maximum Gasteiger partial charge on any atom is 0.254 e. The van der Waals surface area contributed by atoms with Crippen molar-refractivity contribution in [1.29, 1.82) is 0 Å². The molecule has 1 aromatic carbocycles. The number of halogens is 2. The summed E-state index contributed by atoms with van der Waals surface area (Å²) in [6, 6.07) is 5.16. The van der Waals surface area contributed by atoms with E-state index >= 15 is 0 Å².